The van der Waals surface area contributed by atoms with Crippen LogP contribution in [0.5, 0.6) is 5.75 Å². The van der Waals surface area contributed by atoms with E-state index < -0.39 is 0 Å². The van der Waals surface area contributed by atoms with Crippen molar-refractivity contribution in [2.75, 3.05) is 20.2 Å². The van der Waals surface area contributed by atoms with Gasteiger partial charge in [-0.15, -0.1) is 0 Å². The van der Waals surface area contributed by atoms with Gasteiger partial charge in [0.2, 0.25) is 0 Å². The van der Waals surface area contributed by atoms with Gasteiger partial charge in [0.05, 0.1) is 7.11 Å². The fraction of sp³-hybridized carbons (Fsp3) is 0.647. The van der Waals surface area contributed by atoms with E-state index in [9.17, 15) is 0 Å². The van der Waals surface area contributed by atoms with Crippen LogP contribution in [0.3, 0.4) is 0 Å². The summed E-state index contributed by atoms with van der Waals surface area (Å²) in [4.78, 5) is 0. The zero-order valence-corrected chi connectivity index (χ0v) is 12.8. The maximum Gasteiger partial charge on any atom is 0.122 e. The molecule has 1 aliphatic heterocycles. The molecule has 2 heteroatoms. The van der Waals surface area contributed by atoms with Gasteiger partial charge < -0.3 is 10.1 Å². The summed E-state index contributed by atoms with van der Waals surface area (Å²) in [6.45, 7) is 9.12. The van der Waals surface area contributed by atoms with Gasteiger partial charge in [-0.2, -0.15) is 0 Å². The van der Waals surface area contributed by atoms with E-state index in [-0.39, 0.29) is 5.41 Å². The number of nitrogens with one attached hydrogen (secondary N) is 1. The van der Waals surface area contributed by atoms with E-state index in [0.717, 1.165) is 31.2 Å². The van der Waals surface area contributed by atoms with E-state index in [4.69, 9.17) is 4.74 Å². The van der Waals surface area contributed by atoms with Crippen molar-refractivity contribution in [3.05, 3.63) is 29.3 Å². The quantitative estimate of drug-likeness (QED) is 0.898. The monoisotopic (exact) mass is 261 g/mol. The summed E-state index contributed by atoms with van der Waals surface area (Å²) >= 11 is 0. The van der Waals surface area contributed by atoms with E-state index >= 15 is 0 Å². The van der Waals surface area contributed by atoms with Crippen molar-refractivity contribution in [3.63, 3.8) is 0 Å². The summed E-state index contributed by atoms with van der Waals surface area (Å²) in [7, 11) is 1.78. The summed E-state index contributed by atoms with van der Waals surface area (Å²) in [6.07, 6.45) is 3.71. The number of rotatable bonds is 3. The lowest BCUT2D eigenvalue weighted by Gasteiger charge is -2.25. The highest BCUT2D eigenvalue weighted by atomic mass is 16.5. The van der Waals surface area contributed by atoms with Crippen LogP contribution in [-0.2, 0) is 11.8 Å². The number of ether oxygens (including phenoxy) is 1. The predicted molar refractivity (Wildman–Crippen MR) is 81.0 cm³/mol. The Morgan fingerprint density at radius 1 is 1.21 bits per heavy atom. The lowest BCUT2D eigenvalue weighted by molar-refractivity contribution is 0.360. The average Bonchev–Trinajstić information content (AvgIpc) is 2.39. The zero-order chi connectivity index (χ0) is 13.9. The normalized spacial score (nSPS) is 17.5. The Hall–Kier alpha value is -1.02. The molecule has 1 N–H and O–H groups in total. The smallest absolute Gasteiger partial charge is 0.122 e. The van der Waals surface area contributed by atoms with E-state index in [1.807, 2.05) is 0 Å². The molecular formula is C17H27NO. The molecule has 0 amide bonds. The van der Waals surface area contributed by atoms with E-state index in [1.54, 1.807) is 7.11 Å². The highest BCUT2D eigenvalue weighted by Crippen LogP contribution is 2.30. The minimum Gasteiger partial charge on any atom is -0.496 e. The van der Waals surface area contributed by atoms with Gasteiger partial charge in [-0.05, 0) is 60.9 Å². The van der Waals surface area contributed by atoms with Crippen molar-refractivity contribution in [3.8, 4) is 5.75 Å². The summed E-state index contributed by atoms with van der Waals surface area (Å²) < 4.78 is 5.54. The Labute approximate surface area is 117 Å². The molecule has 0 spiro atoms. The number of benzene rings is 1. The van der Waals surface area contributed by atoms with Gasteiger partial charge in [-0.25, -0.2) is 0 Å². The topological polar surface area (TPSA) is 21.3 Å². The third-order valence-corrected chi connectivity index (χ3v) is 4.11. The molecule has 0 aromatic heterocycles. The highest BCUT2D eigenvalue weighted by molar-refractivity contribution is 5.40. The van der Waals surface area contributed by atoms with E-state index in [0.29, 0.717) is 0 Å². The van der Waals surface area contributed by atoms with Crippen LogP contribution in [0.2, 0.25) is 0 Å². The Kier molecular flexibility index (Phi) is 4.51. The van der Waals surface area contributed by atoms with Gasteiger partial charge in [0.1, 0.15) is 5.75 Å². The molecule has 0 atom stereocenters. The molecule has 1 heterocycles. The second-order valence-electron chi connectivity index (χ2n) is 6.67. The fourth-order valence-electron chi connectivity index (χ4n) is 2.80. The molecule has 19 heavy (non-hydrogen) atoms. The maximum atomic E-state index is 5.54. The number of hydrogen-bond acceptors (Lipinski definition) is 2. The number of piperidine rings is 1. The summed E-state index contributed by atoms with van der Waals surface area (Å²) in [6, 6.07) is 6.68. The van der Waals surface area contributed by atoms with Gasteiger partial charge in [0.25, 0.3) is 0 Å². The van der Waals surface area contributed by atoms with E-state index in [1.165, 1.54) is 24.0 Å². The van der Waals surface area contributed by atoms with Crippen molar-refractivity contribution >= 4 is 0 Å². The summed E-state index contributed by atoms with van der Waals surface area (Å²) in [5.74, 6) is 1.84. The second-order valence-corrected chi connectivity index (χ2v) is 6.67. The van der Waals surface area contributed by atoms with Crippen LogP contribution in [0.4, 0.5) is 0 Å². The Morgan fingerprint density at radius 2 is 1.89 bits per heavy atom. The SMILES string of the molecule is COc1ccc(C(C)(C)C)cc1CC1CCNCC1. The summed E-state index contributed by atoms with van der Waals surface area (Å²) in [5.41, 5.74) is 2.98. The van der Waals surface area contributed by atoms with Gasteiger partial charge in [0.15, 0.2) is 0 Å². The zero-order valence-electron chi connectivity index (χ0n) is 12.8. The summed E-state index contributed by atoms with van der Waals surface area (Å²) in [5, 5.41) is 3.43. The Balaban J connectivity index is 2.20. The Bertz CT molecular complexity index is 414. The lowest BCUT2D eigenvalue weighted by Crippen LogP contribution is -2.28. The molecule has 1 saturated heterocycles. The van der Waals surface area contributed by atoms with Crippen LogP contribution in [-0.4, -0.2) is 20.2 Å². The molecule has 0 bridgehead atoms. The molecular weight excluding hydrogens is 234 g/mol. The predicted octanol–water partition coefficient (Wildman–Crippen LogP) is 3.53. The van der Waals surface area contributed by atoms with Crippen molar-refractivity contribution in [1.82, 2.24) is 5.32 Å². The molecule has 2 rings (SSSR count). The molecule has 106 valence electrons. The van der Waals surface area contributed by atoms with Crippen LogP contribution >= 0.6 is 0 Å². The number of methoxy groups -OCH3 is 1. The highest BCUT2D eigenvalue weighted by Gasteiger charge is 2.19. The largest absolute Gasteiger partial charge is 0.496 e. The molecule has 0 radical (unpaired) electrons. The average molecular weight is 261 g/mol. The first-order valence-corrected chi connectivity index (χ1v) is 7.39. The number of hydrogen-bond donors (Lipinski definition) is 1. The van der Waals surface area contributed by atoms with Crippen molar-refractivity contribution in [2.45, 2.75) is 45.4 Å². The molecule has 0 unspecified atom stereocenters. The first-order valence-electron chi connectivity index (χ1n) is 7.39. The molecule has 1 aromatic rings. The first-order chi connectivity index (χ1) is 9.00. The van der Waals surface area contributed by atoms with Crippen LogP contribution in [0, 0.1) is 5.92 Å². The molecule has 1 aromatic carbocycles. The van der Waals surface area contributed by atoms with Crippen LogP contribution < -0.4 is 10.1 Å². The minimum absolute atomic E-state index is 0.204. The fourth-order valence-corrected chi connectivity index (χ4v) is 2.80. The van der Waals surface area contributed by atoms with Gasteiger partial charge >= 0.3 is 0 Å². The molecule has 2 nitrogen and oxygen atoms in total. The third kappa shape index (κ3) is 3.73. The third-order valence-electron chi connectivity index (χ3n) is 4.11. The van der Waals surface area contributed by atoms with Crippen molar-refractivity contribution in [2.24, 2.45) is 5.92 Å². The van der Waals surface area contributed by atoms with Gasteiger partial charge in [-0.1, -0.05) is 32.9 Å². The lowest BCUT2D eigenvalue weighted by atomic mass is 9.83. The van der Waals surface area contributed by atoms with Gasteiger partial charge in [-0.3, -0.25) is 0 Å². The van der Waals surface area contributed by atoms with E-state index in [2.05, 4.69) is 44.3 Å². The Morgan fingerprint density at radius 3 is 2.47 bits per heavy atom. The van der Waals surface area contributed by atoms with Crippen molar-refractivity contribution in [1.29, 1.82) is 0 Å². The first kappa shape index (κ1) is 14.4. The van der Waals surface area contributed by atoms with Crippen LogP contribution in [0.1, 0.15) is 44.7 Å². The molecule has 0 aliphatic carbocycles. The molecule has 1 fully saturated rings. The standard InChI is InChI=1S/C17H27NO/c1-17(2,3)15-5-6-16(19-4)14(12-15)11-13-7-9-18-10-8-13/h5-6,12-13,18H,7-11H2,1-4H3. The molecule has 0 saturated carbocycles. The van der Waals surface area contributed by atoms with Gasteiger partial charge in [0, 0.05) is 0 Å². The molecule has 1 aliphatic rings. The van der Waals surface area contributed by atoms with Crippen molar-refractivity contribution < 1.29 is 4.74 Å². The minimum atomic E-state index is 0.204. The van der Waals surface area contributed by atoms with Crippen LogP contribution in [0.15, 0.2) is 18.2 Å². The maximum absolute atomic E-state index is 5.54. The second kappa shape index (κ2) is 5.96. The van der Waals surface area contributed by atoms with Crippen LogP contribution in [0.25, 0.3) is 0 Å².